The van der Waals surface area contributed by atoms with Crippen molar-refractivity contribution >= 4 is 27.9 Å². The van der Waals surface area contributed by atoms with E-state index in [2.05, 4.69) is 0 Å². The number of benzene rings is 3. The van der Waals surface area contributed by atoms with Crippen LogP contribution in [0.3, 0.4) is 0 Å². The van der Waals surface area contributed by atoms with Crippen molar-refractivity contribution in [2.45, 2.75) is 6.92 Å². The number of carbonyl (C=O) groups is 1. The molecule has 184 valence electrons. The van der Waals surface area contributed by atoms with E-state index in [1.807, 2.05) is 6.92 Å². The van der Waals surface area contributed by atoms with Crippen molar-refractivity contribution in [2.24, 2.45) is 0 Å². The molecule has 0 saturated carbocycles. The average Bonchev–Trinajstić information content (AvgIpc) is 3.36. The molecule has 5 aromatic rings. The zero-order valence-corrected chi connectivity index (χ0v) is 19.4. The number of para-hydroxylation sites is 1. The molecule has 0 radical (unpaired) electrons. The van der Waals surface area contributed by atoms with Crippen molar-refractivity contribution in [1.82, 2.24) is 0 Å². The molecule has 9 heteroatoms. The fraction of sp³-hybridized carbons (Fsp3) is 0.107. The van der Waals surface area contributed by atoms with Gasteiger partial charge in [-0.15, -0.1) is 0 Å². The van der Waals surface area contributed by atoms with Gasteiger partial charge in [0.15, 0.2) is 22.8 Å². The summed E-state index contributed by atoms with van der Waals surface area (Å²) in [4.78, 5) is 38.0. The molecule has 3 aromatic carbocycles. The zero-order chi connectivity index (χ0) is 25.5. The van der Waals surface area contributed by atoms with Crippen LogP contribution in [-0.2, 0) is 0 Å². The number of carbonyl (C=O) groups excluding carboxylic acids is 1. The second-order valence-corrected chi connectivity index (χ2v) is 8.15. The van der Waals surface area contributed by atoms with Gasteiger partial charge >= 0.3 is 17.2 Å². The molecular formula is C28H18O9. The monoisotopic (exact) mass is 498 g/mol. The van der Waals surface area contributed by atoms with Gasteiger partial charge in [0.1, 0.15) is 11.3 Å². The van der Waals surface area contributed by atoms with Gasteiger partial charge in [0.2, 0.25) is 6.79 Å². The molecule has 9 nitrogen and oxygen atoms in total. The van der Waals surface area contributed by atoms with Gasteiger partial charge in [-0.2, -0.15) is 0 Å². The summed E-state index contributed by atoms with van der Waals surface area (Å²) in [5, 5.41) is 1.10. The fourth-order valence-corrected chi connectivity index (χ4v) is 4.19. The molecule has 0 bridgehead atoms. The molecule has 0 unspecified atom stereocenters. The third kappa shape index (κ3) is 4.06. The summed E-state index contributed by atoms with van der Waals surface area (Å²) >= 11 is 0. The van der Waals surface area contributed by atoms with E-state index in [-0.39, 0.29) is 29.3 Å². The quantitative estimate of drug-likeness (QED) is 0.189. The maximum atomic E-state index is 13.0. The van der Waals surface area contributed by atoms with Gasteiger partial charge < -0.3 is 27.8 Å². The van der Waals surface area contributed by atoms with Crippen LogP contribution in [0.4, 0.5) is 0 Å². The molecule has 0 fully saturated rings. The highest BCUT2D eigenvalue weighted by atomic mass is 16.7. The van der Waals surface area contributed by atoms with Gasteiger partial charge in [-0.3, -0.25) is 0 Å². The van der Waals surface area contributed by atoms with Crippen LogP contribution < -0.4 is 30.2 Å². The second-order valence-electron chi connectivity index (χ2n) is 8.15. The summed E-state index contributed by atoms with van der Waals surface area (Å²) in [7, 11) is 0. The Kier molecular flexibility index (Phi) is 5.37. The van der Waals surface area contributed by atoms with Crippen molar-refractivity contribution in [2.75, 3.05) is 13.4 Å². The van der Waals surface area contributed by atoms with Gasteiger partial charge in [-0.1, -0.05) is 12.1 Å². The molecular weight excluding hydrogens is 480 g/mol. The van der Waals surface area contributed by atoms with Crippen molar-refractivity contribution in [1.29, 1.82) is 0 Å². The normalized spacial score (nSPS) is 12.1. The highest BCUT2D eigenvalue weighted by molar-refractivity contribution is 5.97. The molecule has 1 aliphatic rings. The smallest absolute Gasteiger partial charge is 0.344 e. The summed E-state index contributed by atoms with van der Waals surface area (Å²) in [5.74, 6) is 0.976. The molecule has 1 aliphatic heterocycles. The minimum absolute atomic E-state index is 0.0864. The SMILES string of the molecule is CCOc1cccc2cc(-c3cc(=O)oc4cc(OC(=O)c5ccc6c(c5)OCO6)ccc34)c(=O)oc12. The largest absolute Gasteiger partial charge is 0.490 e. The van der Waals surface area contributed by atoms with Crippen LogP contribution in [0.25, 0.3) is 33.1 Å². The van der Waals surface area contributed by atoms with Crippen LogP contribution in [0.5, 0.6) is 23.0 Å². The van der Waals surface area contributed by atoms with E-state index in [9.17, 15) is 14.4 Å². The van der Waals surface area contributed by atoms with Gasteiger partial charge in [0.25, 0.3) is 0 Å². The number of rotatable bonds is 5. The first-order valence-electron chi connectivity index (χ1n) is 11.4. The highest BCUT2D eigenvalue weighted by Gasteiger charge is 2.19. The maximum absolute atomic E-state index is 13.0. The first kappa shape index (κ1) is 22.4. The lowest BCUT2D eigenvalue weighted by atomic mass is 10.0. The van der Waals surface area contributed by atoms with Gasteiger partial charge in [0.05, 0.1) is 17.7 Å². The van der Waals surface area contributed by atoms with Crippen molar-refractivity contribution < 1.29 is 32.6 Å². The van der Waals surface area contributed by atoms with E-state index < -0.39 is 17.2 Å². The summed E-state index contributed by atoms with van der Waals surface area (Å²) in [6.07, 6.45) is 0. The third-order valence-electron chi connectivity index (χ3n) is 5.85. The lowest BCUT2D eigenvalue weighted by Crippen LogP contribution is -2.09. The molecule has 0 aliphatic carbocycles. The van der Waals surface area contributed by atoms with Crippen LogP contribution in [0.1, 0.15) is 17.3 Å². The minimum Gasteiger partial charge on any atom is -0.490 e. The van der Waals surface area contributed by atoms with E-state index in [4.69, 9.17) is 27.8 Å². The fourth-order valence-electron chi connectivity index (χ4n) is 4.19. The van der Waals surface area contributed by atoms with Crippen LogP contribution in [0.2, 0.25) is 0 Å². The van der Waals surface area contributed by atoms with E-state index in [0.717, 1.165) is 0 Å². The Labute approximate surface area is 208 Å². The van der Waals surface area contributed by atoms with Gasteiger partial charge in [0, 0.05) is 28.5 Å². The van der Waals surface area contributed by atoms with Gasteiger partial charge in [-0.25, -0.2) is 14.4 Å². The van der Waals surface area contributed by atoms with Crippen molar-refractivity contribution in [3.05, 3.63) is 93.1 Å². The Bertz CT molecular complexity index is 1810. The number of fused-ring (bicyclic) bond motifs is 3. The topological polar surface area (TPSA) is 114 Å². The van der Waals surface area contributed by atoms with E-state index in [0.29, 0.717) is 45.8 Å². The molecule has 0 spiro atoms. The van der Waals surface area contributed by atoms with Crippen LogP contribution in [0, 0.1) is 0 Å². The van der Waals surface area contributed by atoms with E-state index in [1.165, 1.54) is 18.2 Å². The maximum Gasteiger partial charge on any atom is 0.344 e. The standard InChI is InChI=1S/C28H18O9/c1-2-32-22-5-3-4-15-10-20(28(31)37-26(15)22)19-13-25(29)36-23-12-17(7-8-18(19)23)35-27(30)16-6-9-21-24(11-16)34-14-33-21/h3-13H,2,14H2,1H3. The summed E-state index contributed by atoms with van der Waals surface area (Å²) in [6.45, 7) is 2.33. The van der Waals surface area contributed by atoms with Gasteiger partial charge in [-0.05, 0) is 49.4 Å². The van der Waals surface area contributed by atoms with Crippen LogP contribution >= 0.6 is 0 Å². The summed E-state index contributed by atoms with van der Waals surface area (Å²) < 4.78 is 32.5. The predicted octanol–water partition coefficient (Wildman–Crippen LogP) is 4.91. The first-order valence-corrected chi connectivity index (χ1v) is 11.4. The molecule has 0 saturated heterocycles. The molecule has 6 rings (SSSR count). The van der Waals surface area contributed by atoms with E-state index >= 15 is 0 Å². The highest BCUT2D eigenvalue weighted by Crippen LogP contribution is 2.34. The number of ether oxygens (including phenoxy) is 4. The van der Waals surface area contributed by atoms with E-state index in [1.54, 1.807) is 48.5 Å². The van der Waals surface area contributed by atoms with Crippen molar-refractivity contribution in [3.63, 3.8) is 0 Å². The van der Waals surface area contributed by atoms with Crippen molar-refractivity contribution in [3.8, 4) is 34.1 Å². The Balaban J connectivity index is 1.39. The predicted molar refractivity (Wildman–Crippen MR) is 133 cm³/mol. The Morgan fingerprint density at radius 3 is 2.62 bits per heavy atom. The average molecular weight is 498 g/mol. The molecule has 0 atom stereocenters. The van der Waals surface area contributed by atoms with Crippen LogP contribution in [-0.4, -0.2) is 19.4 Å². The summed E-state index contributed by atoms with van der Waals surface area (Å²) in [5.41, 5.74) is -0.0698. The Hall–Kier alpha value is -5.05. The van der Waals surface area contributed by atoms with Crippen LogP contribution in [0.15, 0.2) is 85.2 Å². The lowest BCUT2D eigenvalue weighted by Gasteiger charge is -2.10. The molecule has 0 N–H and O–H groups in total. The zero-order valence-electron chi connectivity index (χ0n) is 19.4. The lowest BCUT2D eigenvalue weighted by molar-refractivity contribution is 0.0734. The number of hydrogen-bond acceptors (Lipinski definition) is 9. The molecule has 0 amide bonds. The summed E-state index contributed by atoms with van der Waals surface area (Å²) in [6, 6.07) is 17.4. The Morgan fingerprint density at radius 1 is 0.892 bits per heavy atom. The Morgan fingerprint density at radius 2 is 1.76 bits per heavy atom. The molecule has 2 aromatic heterocycles. The number of hydrogen-bond donors (Lipinski definition) is 0. The molecule has 37 heavy (non-hydrogen) atoms. The third-order valence-corrected chi connectivity index (χ3v) is 5.85. The first-order chi connectivity index (χ1) is 18.0. The molecule has 3 heterocycles. The minimum atomic E-state index is -0.677. The number of esters is 1. The second kappa shape index (κ2) is 8.87.